The van der Waals surface area contributed by atoms with Crippen LogP contribution in [0.2, 0.25) is 10.0 Å². The molecule has 9 heteroatoms. The number of fused-ring (bicyclic) bond motifs is 1. The molecular weight excluding hydrogens is 395 g/mol. The highest BCUT2D eigenvalue weighted by atomic mass is 35.5. The van der Waals surface area contributed by atoms with E-state index in [-0.39, 0.29) is 34.6 Å². The van der Waals surface area contributed by atoms with E-state index >= 15 is 0 Å². The van der Waals surface area contributed by atoms with Crippen LogP contribution in [0.1, 0.15) is 22.8 Å². The number of nitrogens with two attached hydrogens (primary N) is 1. The number of hydrogen-bond donors (Lipinski definition) is 2. The van der Waals surface area contributed by atoms with E-state index in [4.69, 9.17) is 43.1 Å². The van der Waals surface area contributed by atoms with Crippen molar-refractivity contribution in [2.24, 2.45) is 0 Å². The van der Waals surface area contributed by atoms with E-state index in [9.17, 15) is 9.59 Å². The molecule has 0 bridgehead atoms. The second-order valence-electron chi connectivity index (χ2n) is 5.80. The molecule has 0 spiro atoms. The molecule has 0 radical (unpaired) electrons. The van der Waals surface area contributed by atoms with Crippen molar-refractivity contribution in [2.45, 2.75) is 19.6 Å². The lowest BCUT2D eigenvalue weighted by Gasteiger charge is -2.15. The molecule has 1 amide bonds. The van der Waals surface area contributed by atoms with Gasteiger partial charge in [-0.3, -0.25) is 4.79 Å². The molecule has 2 aromatic carbocycles. The summed E-state index contributed by atoms with van der Waals surface area (Å²) in [6, 6.07) is 8.09. The zero-order chi connectivity index (χ0) is 19.6. The first-order valence-corrected chi connectivity index (χ1v) is 8.72. The van der Waals surface area contributed by atoms with E-state index in [0.29, 0.717) is 11.5 Å². The minimum atomic E-state index is -1.04. The Kier molecular flexibility index (Phi) is 5.62. The maximum Gasteiger partial charge on any atom is 0.341 e. The summed E-state index contributed by atoms with van der Waals surface area (Å²) in [5, 5.41) is 3.06. The maximum absolute atomic E-state index is 12.3. The largest absolute Gasteiger partial charge is 0.454 e. The van der Waals surface area contributed by atoms with Crippen LogP contribution in [0.4, 0.5) is 5.69 Å². The molecule has 0 aliphatic carbocycles. The summed E-state index contributed by atoms with van der Waals surface area (Å²) in [5.74, 6) is 0.0232. The Morgan fingerprint density at radius 3 is 2.74 bits per heavy atom. The van der Waals surface area contributed by atoms with Gasteiger partial charge in [-0.15, -0.1) is 0 Å². The van der Waals surface area contributed by atoms with Crippen molar-refractivity contribution in [2.75, 3.05) is 12.5 Å². The maximum atomic E-state index is 12.3. The number of amides is 1. The van der Waals surface area contributed by atoms with Crippen LogP contribution >= 0.6 is 23.2 Å². The van der Waals surface area contributed by atoms with Gasteiger partial charge in [0.1, 0.15) is 0 Å². The molecule has 7 nitrogen and oxygen atoms in total. The molecule has 142 valence electrons. The van der Waals surface area contributed by atoms with Gasteiger partial charge in [-0.2, -0.15) is 0 Å². The van der Waals surface area contributed by atoms with Crippen LogP contribution in [0.5, 0.6) is 11.5 Å². The topological polar surface area (TPSA) is 99.9 Å². The molecule has 0 saturated carbocycles. The lowest BCUT2D eigenvalue weighted by Crippen LogP contribution is -2.35. The van der Waals surface area contributed by atoms with Crippen molar-refractivity contribution in [3.8, 4) is 11.5 Å². The van der Waals surface area contributed by atoms with E-state index in [2.05, 4.69) is 5.32 Å². The number of esters is 1. The minimum Gasteiger partial charge on any atom is -0.454 e. The predicted octanol–water partition coefficient (Wildman–Crippen LogP) is 3.17. The fraction of sp³-hybridized carbons (Fsp3) is 0.222. The molecule has 3 N–H and O–H groups in total. The fourth-order valence-electron chi connectivity index (χ4n) is 2.42. The van der Waals surface area contributed by atoms with Gasteiger partial charge in [0, 0.05) is 11.6 Å². The number of benzene rings is 2. The molecule has 1 aliphatic rings. The summed E-state index contributed by atoms with van der Waals surface area (Å²) in [5.41, 5.74) is 6.63. The zero-order valence-electron chi connectivity index (χ0n) is 14.3. The molecule has 0 saturated heterocycles. The van der Waals surface area contributed by atoms with Crippen LogP contribution in [0.15, 0.2) is 30.3 Å². The Labute approximate surface area is 165 Å². The summed E-state index contributed by atoms with van der Waals surface area (Å²) in [7, 11) is 0. The Balaban J connectivity index is 1.58. The number of ether oxygens (including phenoxy) is 3. The zero-order valence-corrected chi connectivity index (χ0v) is 15.8. The average molecular weight is 411 g/mol. The lowest BCUT2D eigenvalue weighted by atomic mass is 10.2. The highest BCUT2D eigenvalue weighted by Gasteiger charge is 2.22. The first-order chi connectivity index (χ1) is 12.8. The average Bonchev–Trinajstić information content (AvgIpc) is 3.10. The highest BCUT2D eigenvalue weighted by molar-refractivity contribution is 6.37. The molecule has 2 aromatic rings. The summed E-state index contributed by atoms with van der Waals surface area (Å²) >= 11 is 11.8. The van der Waals surface area contributed by atoms with Gasteiger partial charge >= 0.3 is 5.97 Å². The monoisotopic (exact) mass is 410 g/mol. The molecule has 0 unspecified atom stereocenters. The molecular formula is C18H16Cl2N2O5. The van der Waals surface area contributed by atoms with Gasteiger partial charge in [0.15, 0.2) is 17.6 Å². The first kappa shape index (κ1) is 19.1. The van der Waals surface area contributed by atoms with Gasteiger partial charge in [-0.1, -0.05) is 29.3 Å². The third-order valence-corrected chi connectivity index (χ3v) is 4.40. The number of nitrogen functional groups attached to an aromatic ring is 1. The van der Waals surface area contributed by atoms with E-state index in [0.717, 1.165) is 5.56 Å². The molecule has 3 rings (SSSR count). The lowest BCUT2D eigenvalue weighted by molar-refractivity contribution is -0.129. The van der Waals surface area contributed by atoms with Crippen LogP contribution in [-0.4, -0.2) is 24.8 Å². The second-order valence-corrected chi connectivity index (χ2v) is 6.65. The number of rotatable bonds is 5. The fourth-order valence-corrected chi connectivity index (χ4v) is 2.91. The van der Waals surface area contributed by atoms with Crippen molar-refractivity contribution >= 4 is 40.8 Å². The number of hydrogen-bond acceptors (Lipinski definition) is 6. The van der Waals surface area contributed by atoms with Crippen molar-refractivity contribution in [1.29, 1.82) is 0 Å². The summed E-state index contributed by atoms with van der Waals surface area (Å²) in [6.07, 6.45) is -1.04. The van der Waals surface area contributed by atoms with Crippen LogP contribution in [0, 0.1) is 0 Å². The summed E-state index contributed by atoms with van der Waals surface area (Å²) < 4.78 is 15.7. The molecule has 1 aliphatic heterocycles. The molecule has 0 aromatic heterocycles. The molecule has 1 atom stereocenters. The Bertz CT molecular complexity index is 904. The van der Waals surface area contributed by atoms with E-state index in [1.54, 1.807) is 18.2 Å². The number of halogens is 2. The van der Waals surface area contributed by atoms with Crippen LogP contribution < -0.4 is 20.5 Å². The second kappa shape index (κ2) is 7.94. The number of nitrogens with one attached hydrogen (secondary N) is 1. The quantitative estimate of drug-likeness (QED) is 0.579. The van der Waals surface area contributed by atoms with Gasteiger partial charge < -0.3 is 25.3 Å². The van der Waals surface area contributed by atoms with Crippen LogP contribution in [0.3, 0.4) is 0 Å². The van der Waals surface area contributed by atoms with E-state index in [1.807, 2.05) is 0 Å². The SMILES string of the molecule is C[C@H](OC(=O)c1cc(Cl)cc(Cl)c1N)C(=O)NCc1ccc2c(c1)OCO2. The summed E-state index contributed by atoms with van der Waals surface area (Å²) in [4.78, 5) is 24.5. The van der Waals surface area contributed by atoms with Crippen molar-refractivity contribution in [3.05, 3.63) is 51.5 Å². The molecule has 27 heavy (non-hydrogen) atoms. The van der Waals surface area contributed by atoms with Crippen LogP contribution in [0.25, 0.3) is 0 Å². The third-order valence-electron chi connectivity index (χ3n) is 3.87. The van der Waals surface area contributed by atoms with Crippen molar-refractivity contribution in [3.63, 3.8) is 0 Å². The number of anilines is 1. The summed E-state index contributed by atoms with van der Waals surface area (Å²) in [6.45, 7) is 1.87. The van der Waals surface area contributed by atoms with Gasteiger partial charge in [0.2, 0.25) is 6.79 Å². The van der Waals surface area contributed by atoms with Gasteiger partial charge in [-0.25, -0.2) is 4.79 Å². The molecule has 1 heterocycles. The smallest absolute Gasteiger partial charge is 0.341 e. The van der Waals surface area contributed by atoms with Gasteiger partial charge in [0.25, 0.3) is 5.91 Å². The Morgan fingerprint density at radius 1 is 1.22 bits per heavy atom. The third kappa shape index (κ3) is 4.37. The van der Waals surface area contributed by atoms with Gasteiger partial charge in [0.05, 0.1) is 16.3 Å². The standard InChI is InChI=1S/C18H16Cl2N2O5/c1-9(27-18(24)12-5-11(19)6-13(20)16(12)21)17(23)22-7-10-2-3-14-15(4-10)26-8-25-14/h2-6,9H,7-8,21H2,1H3,(H,22,23)/t9-/m0/s1. The van der Waals surface area contributed by atoms with E-state index in [1.165, 1.54) is 19.1 Å². The van der Waals surface area contributed by atoms with Crippen molar-refractivity contribution < 1.29 is 23.8 Å². The predicted molar refractivity (Wildman–Crippen MR) is 100 cm³/mol. The number of carbonyl (C=O) groups is 2. The van der Waals surface area contributed by atoms with Crippen molar-refractivity contribution in [1.82, 2.24) is 5.32 Å². The van der Waals surface area contributed by atoms with Crippen LogP contribution in [-0.2, 0) is 16.1 Å². The Morgan fingerprint density at radius 2 is 1.96 bits per heavy atom. The van der Waals surface area contributed by atoms with Gasteiger partial charge in [-0.05, 0) is 36.8 Å². The number of carbonyl (C=O) groups excluding carboxylic acids is 2. The highest BCUT2D eigenvalue weighted by Crippen LogP contribution is 2.32. The molecule has 0 fully saturated rings. The first-order valence-electron chi connectivity index (χ1n) is 7.97. The minimum absolute atomic E-state index is 0.00270. The Hall–Kier alpha value is -2.64. The normalized spacial score (nSPS) is 13.1. The van der Waals surface area contributed by atoms with E-state index < -0.39 is 18.0 Å².